The van der Waals surface area contributed by atoms with Gasteiger partial charge in [-0.2, -0.15) is 0 Å². The van der Waals surface area contributed by atoms with Crippen molar-refractivity contribution in [3.8, 4) is 0 Å². The van der Waals surface area contributed by atoms with Gasteiger partial charge in [0.25, 0.3) is 0 Å². The van der Waals surface area contributed by atoms with E-state index in [0.717, 1.165) is 0 Å². The summed E-state index contributed by atoms with van der Waals surface area (Å²) in [5.41, 5.74) is 0. The standard InChI is InChI=1S/C5H8.C3H8.C2H6/c1-3-5-4-2;1-3-2;1-2/h3-5H,1H2,2H3;3H2,1-2H3;1-2H3/b5-4-;;. The van der Waals surface area contributed by atoms with Crippen LogP contribution >= 0.6 is 0 Å². The summed E-state index contributed by atoms with van der Waals surface area (Å²) in [4.78, 5) is 0. The van der Waals surface area contributed by atoms with Crippen LogP contribution < -0.4 is 0 Å². The van der Waals surface area contributed by atoms with E-state index in [9.17, 15) is 0 Å². The molecule has 0 aromatic rings. The molecule has 0 nitrogen and oxygen atoms in total. The summed E-state index contributed by atoms with van der Waals surface area (Å²) < 4.78 is 0. The van der Waals surface area contributed by atoms with Crippen LogP contribution in [0.25, 0.3) is 0 Å². The van der Waals surface area contributed by atoms with Gasteiger partial charge >= 0.3 is 0 Å². The second kappa shape index (κ2) is 39.2. The monoisotopic (exact) mass is 142 g/mol. The van der Waals surface area contributed by atoms with Crippen molar-refractivity contribution in [2.24, 2.45) is 0 Å². The molecule has 0 N–H and O–H groups in total. The van der Waals surface area contributed by atoms with Crippen LogP contribution in [0.5, 0.6) is 0 Å². The van der Waals surface area contributed by atoms with Crippen molar-refractivity contribution in [1.82, 2.24) is 0 Å². The zero-order valence-corrected chi connectivity index (χ0v) is 8.15. The lowest BCUT2D eigenvalue weighted by atomic mass is 10.5. The molecule has 0 aromatic carbocycles. The normalized spacial score (nSPS) is 6.90. The van der Waals surface area contributed by atoms with E-state index in [1.54, 1.807) is 6.08 Å². The van der Waals surface area contributed by atoms with Crippen LogP contribution in [0.1, 0.15) is 41.0 Å². The van der Waals surface area contributed by atoms with Gasteiger partial charge in [0.15, 0.2) is 0 Å². The van der Waals surface area contributed by atoms with Crippen LogP contribution in [-0.4, -0.2) is 0 Å². The fraction of sp³-hybridized carbons (Fsp3) is 0.600. The van der Waals surface area contributed by atoms with Crippen molar-refractivity contribution in [3.05, 3.63) is 24.8 Å². The number of allylic oxidation sites excluding steroid dienone is 3. The highest BCUT2D eigenvalue weighted by Gasteiger charge is 1.42. The van der Waals surface area contributed by atoms with Gasteiger partial charge in [-0.05, 0) is 6.92 Å². The summed E-state index contributed by atoms with van der Waals surface area (Å²) >= 11 is 0. The van der Waals surface area contributed by atoms with Crippen LogP contribution in [0.2, 0.25) is 0 Å². The summed E-state index contributed by atoms with van der Waals surface area (Å²) in [5.74, 6) is 0. The number of rotatable bonds is 1. The lowest BCUT2D eigenvalue weighted by Gasteiger charge is -1.56. The first-order chi connectivity index (χ1) is 4.83. The molecule has 0 fully saturated rings. The third-order valence-electron chi connectivity index (χ3n) is 0.329. The minimum Gasteiger partial charge on any atom is -0.0991 e. The van der Waals surface area contributed by atoms with E-state index in [0.29, 0.717) is 0 Å². The van der Waals surface area contributed by atoms with E-state index in [4.69, 9.17) is 0 Å². The van der Waals surface area contributed by atoms with Gasteiger partial charge in [0.05, 0.1) is 0 Å². The molecule has 0 aliphatic carbocycles. The molecule has 0 aliphatic heterocycles. The molecule has 0 saturated heterocycles. The first-order valence-electron chi connectivity index (χ1n) is 4.07. The van der Waals surface area contributed by atoms with Gasteiger partial charge in [-0.3, -0.25) is 0 Å². The van der Waals surface area contributed by atoms with Crippen LogP contribution in [0.15, 0.2) is 24.8 Å². The molecular weight excluding hydrogens is 120 g/mol. The van der Waals surface area contributed by atoms with Gasteiger partial charge in [0, 0.05) is 0 Å². The molecule has 0 bridgehead atoms. The van der Waals surface area contributed by atoms with Crippen molar-refractivity contribution in [2.75, 3.05) is 0 Å². The van der Waals surface area contributed by atoms with Crippen molar-refractivity contribution in [3.63, 3.8) is 0 Å². The van der Waals surface area contributed by atoms with Crippen LogP contribution in [0.4, 0.5) is 0 Å². The van der Waals surface area contributed by atoms with E-state index in [2.05, 4.69) is 20.4 Å². The predicted octanol–water partition coefficient (Wildman–Crippen LogP) is 4.19. The van der Waals surface area contributed by atoms with Gasteiger partial charge in [0.1, 0.15) is 0 Å². The molecule has 0 saturated carbocycles. The van der Waals surface area contributed by atoms with Crippen LogP contribution in [-0.2, 0) is 0 Å². The highest BCUT2D eigenvalue weighted by atomic mass is 13.5. The minimum absolute atomic E-state index is 1.25. The summed E-state index contributed by atoms with van der Waals surface area (Å²) in [5, 5.41) is 0. The average Bonchev–Trinajstić information content (AvgIpc) is 1.96. The van der Waals surface area contributed by atoms with Gasteiger partial charge in [0.2, 0.25) is 0 Å². The van der Waals surface area contributed by atoms with E-state index < -0.39 is 0 Å². The molecule has 0 atom stereocenters. The van der Waals surface area contributed by atoms with Crippen molar-refractivity contribution >= 4 is 0 Å². The Labute approximate surface area is 66.7 Å². The zero-order chi connectivity index (χ0) is 8.83. The molecule has 0 aromatic heterocycles. The first kappa shape index (κ1) is 16.2. The van der Waals surface area contributed by atoms with E-state index >= 15 is 0 Å². The fourth-order valence-electron chi connectivity index (χ4n) is 0.136. The Hall–Kier alpha value is -0.520. The van der Waals surface area contributed by atoms with E-state index in [1.165, 1.54) is 6.42 Å². The van der Waals surface area contributed by atoms with Crippen molar-refractivity contribution in [1.29, 1.82) is 0 Å². The van der Waals surface area contributed by atoms with Crippen LogP contribution in [0.3, 0.4) is 0 Å². The lowest BCUT2D eigenvalue weighted by molar-refractivity contribution is 1.09. The highest BCUT2D eigenvalue weighted by molar-refractivity contribution is 4.94. The molecule has 0 spiro atoms. The molecule has 0 aliphatic rings. The molecule has 0 unspecified atom stereocenters. The minimum atomic E-state index is 1.25. The smallest absolute Gasteiger partial charge is 0.0467 e. The van der Waals surface area contributed by atoms with Gasteiger partial charge in [-0.15, -0.1) is 0 Å². The fourth-order valence-corrected chi connectivity index (χ4v) is 0.136. The van der Waals surface area contributed by atoms with E-state index in [-0.39, 0.29) is 0 Å². The summed E-state index contributed by atoms with van der Waals surface area (Å²) in [6.07, 6.45) is 6.83. The Bertz CT molecular complexity index is 51.1. The third-order valence-corrected chi connectivity index (χ3v) is 0.329. The molecule has 0 amide bonds. The Morgan fingerprint density at radius 3 is 1.50 bits per heavy atom. The maximum atomic E-state index is 3.46. The summed E-state index contributed by atoms with van der Waals surface area (Å²) in [7, 11) is 0. The van der Waals surface area contributed by atoms with E-state index in [1.807, 2.05) is 32.9 Å². The third kappa shape index (κ3) is 143. The zero-order valence-electron chi connectivity index (χ0n) is 8.15. The van der Waals surface area contributed by atoms with Crippen molar-refractivity contribution in [2.45, 2.75) is 41.0 Å². The molecule has 10 heavy (non-hydrogen) atoms. The molecular formula is C10H22. The first-order valence-corrected chi connectivity index (χ1v) is 4.07. The maximum absolute atomic E-state index is 3.46. The second-order valence-corrected chi connectivity index (χ2v) is 1.47. The Kier molecular flexibility index (Phi) is 63.6. The Morgan fingerprint density at radius 2 is 1.50 bits per heavy atom. The summed E-state index contributed by atoms with van der Waals surface area (Å²) in [6, 6.07) is 0. The average molecular weight is 142 g/mol. The molecule has 0 heterocycles. The van der Waals surface area contributed by atoms with Crippen LogP contribution in [0, 0.1) is 0 Å². The second-order valence-electron chi connectivity index (χ2n) is 1.47. The van der Waals surface area contributed by atoms with Gasteiger partial charge in [-0.25, -0.2) is 0 Å². The number of hydrogen-bond donors (Lipinski definition) is 0. The van der Waals surface area contributed by atoms with Gasteiger partial charge in [-0.1, -0.05) is 58.9 Å². The summed E-state index contributed by atoms with van der Waals surface area (Å²) in [6.45, 7) is 13.7. The Morgan fingerprint density at radius 1 is 1.20 bits per heavy atom. The lowest BCUT2D eigenvalue weighted by Crippen LogP contribution is -1.33. The van der Waals surface area contributed by atoms with Crippen molar-refractivity contribution < 1.29 is 0 Å². The molecule has 62 valence electrons. The largest absolute Gasteiger partial charge is 0.0991 e. The van der Waals surface area contributed by atoms with Gasteiger partial charge < -0.3 is 0 Å². The Balaban J connectivity index is -0.0000000847. The maximum Gasteiger partial charge on any atom is -0.0467 e. The highest BCUT2D eigenvalue weighted by Crippen LogP contribution is 1.64. The predicted molar refractivity (Wildman–Crippen MR) is 52.3 cm³/mol. The molecule has 0 radical (unpaired) electrons. The SMILES string of the molecule is C=C/C=C\C.CC.CCC. The number of hydrogen-bond acceptors (Lipinski definition) is 0. The molecule has 0 heteroatoms. The quantitative estimate of drug-likeness (QED) is 0.481. The molecule has 0 rings (SSSR count). The topological polar surface area (TPSA) is 0 Å².